The van der Waals surface area contributed by atoms with E-state index in [0.717, 1.165) is 5.69 Å². The van der Waals surface area contributed by atoms with Gasteiger partial charge in [-0.3, -0.25) is 4.79 Å². The van der Waals surface area contributed by atoms with Crippen molar-refractivity contribution >= 4 is 11.6 Å². The van der Waals surface area contributed by atoms with E-state index in [1.165, 1.54) is 31.2 Å². The van der Waals surface area contributed by atoms with Gasteiger partial charge in [-0.25, -0.2) is 0 Å². The van der Waals surface area contributed by atoms with E-state index in [1.807, 2.05) is 19.2 Å². The Morgan fingerprint density at radius 2 is 2.00 bits per heavy atom. The van der Waals surface area contributed by atoms with E-state index in [4.69, 9.17) is 0 Å². The molecule has 20 heavy (non-hydrogen) atoms. The zero-order valence-corrected chi connectivity index (χ0v) is 13.3. The second kappa shape index (κ2) is 8.62. The first kappa shape index (κ1) is 16.5. The molecule has 0 saturated carbocycles. The Kier molecular flexibility index (Phi) is 7.13. The van der Waals surface area contributed by atoms with E-state index in [-0.39, 0.29) is 5.91 Å². The molecule has 3 heteroatoms. The minimum atomic E-state index is 0.0933. The van der Waals surface area contributed by atoms with Gasteiger partial charge in [0.2, 0.25) is 5.91 Å². The summed E-state index contributed by atoms with van der Waals surface area (Å²) in [5, 5.41) is 3.58. The highest BCUT2D eigenvalue weighted by molar-refractivity contribution is 5.73. The van der Waals surface area contributed by atoms with E-state index < -0.39 is 0 Å². The fraction of sp³-hybridized carbons (Fsp3) is 0.588. The van der Waals surface area contributed by atoms with Crippen LogP contribution in [0.4, 0.5) is 5.69 Å². The summed E-state index contributed by atoms with van der Waals surface area (Å²) >= 11 is 0. The number of amides is 1. The summed E-state index contributed by atoms with van der Waals surface area (Å²) < 4.78 is 0. The summed E-state index contributed by atoms with van der Waals surface area (Å²) in [7, 11) is 1.84. The first-order valence-corrected chi connectivity index (χ1v) is 7.60. The minimum absolute atomic E-state index is 0.0933. The number of anilines is 1. The molecule has 0 aromatic heterocycles. The maximum atomic E-state index is 11.4. The molecule has 1 unspecified atom stereocenters. The van der Waals surface area contributed by atoms with Gasteiger partial charge >= 0.3 is 0 Å². The number of rotatable bonds is 8. The van der Waals surface area contributed by atoms with Crippen LogP contribution in [0.1, 0.15) is 52.0 Å². The molecule has 0 heterocycles. The molecule has 1 aromatic carbocycles. The monoisotopic (exact) mass is 276 g/mol. The van der Waals surface area contributed by atoms with E-state index in [2.05, 4.69) is 31.3 Å². The smallest absolute Gasteiger partial charge is 0.219 e. The summed E-state index contributed by atoms with van der Waals surface area (Å²) in [5.41, 5.74) is 2.32. The normalized spacial score (nSPS) is 12.0. The Morgan fingerprint density at radius 3 is 2.65 bits per heavy atom. The summed E-state index contributed by atoms with van der Waals surface area (Å²) in [6.45, 7) is 6.70. The maximum absolute atomic E-state index is 11.4. The summed E-state index contributed by atoms with van der Waals surface area (Å²) in [6, 6.07) is 8.71. The predicted octanol–water partition coefficient (Wildman–Crippen LogP) is 4.05. The average Bonchev–Trinajstić information content (AvgIpc) is 2.41. The van der Waals surface area contributed by atoms with E-state index in [0.29, 0.717) is 12.6 Å². The predicted molar refractivity (Wildman–Crippen MR) is 85.8 cm³/mol. The first-order chi connectivity index (χ1) is 9.54. The van der Waals surface area contributed by atoms with Crippen molar-refractivity contribution in [3.8, 4) is 0 Å². The maximum Gasteiger partial charge on any atom is 0.219 e. The quantitative estimate of drug-likeness (QED) is 0.727. The number of nitrogens with zero attached hydrogens (tertiary/aromatic N) is 1. The molecule has 0 aliphatic rings. The number of nitrogens with one attached hydrogen (secondary N) is 1. The van der Waals surface area contributed by atoms with Crippen molar-refractivity contribution in [2.75, 3.05) is 12.4 Å². The van der Waals surface area contributed by atoms with Gasteiger partial charge < -0.3 is 10.2 Å². The van der Waals surface area contributed by atoms with Crippen LogP contribution in [0.2, 0.25) is 0 Å². The number of carbonyl (C=O) groups excluding carboxylic acids is 1. The molecule has 1 N–H and O–H groups in total. The van der Waals surface area contributed by atoms with Crippen LogP contribution in [0.5, 0.6) is 0 Å². The lowest BCUT2D eigenvalue weighted by Gasteiger charge is -2.21. The molecule has 0 aliphatic carbocycles. The molecule has 0 saturated heterocycles. The zero-order valence-electron chi connectivity index (χ0n) is 13.3. The highest BCUT2D eigenvalue weighted by Gasteiger charge is 2.09. The van der Waals surface area contributed by atoms with Crippen LogP contribution in [0.15, 0.2) is 24.3 Å². The SMILES string of the molecule is CCCCCC(C)Nc1ccccc1CN(C)C(C)=O. The molecule has 1 atom stereocenters. The Hall–Kier alpha value is -1.51. The molecule has 1 rings (SSSR count). The summed E-state index contributed by atoms with van der Waals surface area (Å²) in [5.74, 6) is 0.0933. The van der Waals surface area contributed by atoms with Gasteiger partial charge in [0.05, 0.1) is 0 Å². The molecule has 0 radical (unpaired) electrons. The third-order valence-electron chi connectivity index (χ3n) is 3.61. The van der Waals surface area contributed by atoms with Crippen LogP contribution >= 0.6 is 0 Å². The second-order valence-electron chi connectivity index (χ2n) is 5.57. The van der Waals surface area contributed by atoms with Crippen LogP contribution in [0.25, 0.3) is 0 Å². The van der Waals surface area contributed by atoms with E-state index in [9.17, 15) is 4.79 Å². The number of unbranched alkanes of at least 4 members (excludes halogenated alkanes) is 2. The summed E-state index contributed by atoms with van der Waals surface area (Å²) in [4.78, 5) is 13.1. The first-order valence-electron chi connectivity index (χ1n) is 7.60. The fourth-order valence-corrected chi connectivity index (χ4v) is 2.20. The largest absolute Gasteiger partial charge is 0.382 e. The van der Waals surface area contributed by atoms with Crippen LogP contribution in [0.3, 0.4) is 0 Å². The van der Waals surface area contributed by atoms with Crippen molar-refractivity contribution in [1.29, 1.82) is 0 Å². The number of para-hydroxylation sites is 1. The highest BCUT2D eigenvalue weighted by atomic mass is 16.2. The Labute approximate surface area is 123 Å². The van der Waals surface area contributed by atoms with Crippen LogP contribution in [-0.4, -0.2) is 23.9 Å². The number of carbonyl (C=O) groups is 1. The number of benzene rings is 1. The molecule has 1 aromatic rings. The van der Waals surface area contributed by atoms with Gasteiger partial charge in [0.1, 0.15) is 0 Å². The van der Waals surface area contributed by atoms with Gasteiger partial charge in [0.15, 0.2) is 0 Å². The third-order valence-corrected chi connectivity index (χ3v) is 3.61. The van der Waals surface area contributed by atoms with Gasteiger partial charge in [-0.15, -0.1) is 0 Å². The van der Waals surface area contributed by atoms with E-state index >= 15 is 0 Å². The van der Waals surface area contributed by atoms with Crippen molar-refractivity contribution in [3.63, 3.8) is 0 Å². The lowest BCUT2D eigenvalue weighted by Crippen LogP contribution is -2.24. The Bertz CT molecular complexity index is 417. The topological polar surface area (TPSA) is 32.3 Å². The van der Waals surface area contributed by atoms with Gasteiger partial charge in [-0.05, 0) is 25.0 Å². The van der Waals surface area contributed by atoms with Crippen molar-refractivity contribution in [2.24, 2.45) is 0 Å². The van der Waals surface area contributed by atoms with Gasteiger partial charge in [0, 0.05) is 32.2 Å². The highest BCUT2D eigenvalue weighted by Crippen LogP contribution is 2.19. The van der Waals surface area contributed by atoms with Crippen molar-refractivity contribution in [3.05, 3.63) is 29.8 Å². The summed E-state index contributed by atoms with van der Waals surface area (Å²) in [6.07, 6.45) is 5.00. The number of hydrogen-bond donors (Lipinski definition) is 1. The molecule has 0 fully saturated rings. The van der Waals surface area contributed by atoms with Crippen molar-refractivity contribution in [2.45, 2.75) is 59.0 Å². The molecule has 1 amide bonds. The fourth-order valence-electron chi connectivity index (χ4n) is 2.20. The molecular weight excluding hydrogens is 248 g/mol. The van der Waals surface area contributed by atoms with Crippen molar-refractivity contribution < 1.29 is 4.79 Å². The molecular formula is C17H28N2O. The second-order valence-corrected chi connectivity index (χ2v) is 5.57. The Morgan fingerprint density at radius 1 is 1.30 bits per heavy atom. The van der Waals surface area contributed by atoms with Crippen LogP contribution < -0.4 is 5.32 Å². The molecule has 0 bridgehead atoms. The standard InChI is InChI=1S/C17H28N2O/c1-5-6-7-10-14(2)18-17-12-9-8-11-16(17)13-19(4)15(3)20/h8-9,11-12,14,18H,5-7,10,13H2,1-4H3. The van der Waals surface area contributed by atoms with Crippen molar-refractivity contribution in [1.82, 2.24) is 4.90 Å². The van der Waals surface area contributed by atoms with Crippen LogP contribution in [0, 0.1) is 0 Å². The molecule has 0 aliphatic heterocycles. The average molecular weight is 276 g/mol. The zero-order chi connectivity index (χ0) is 15.0. The molecule has 0 spiro atoms. The lowest BCUT2D eigenvalue weighted by atomic mass is 10.1. The minimum Gasteiger partial charge on any atom is -0.382 e. The van der Waals surface area contributed by atoms with E-state index in [1.54, 1.807) is 11.8 Å². The third kappa shape index (κ3) is 5.64. The Balaban J connectivity index is 2.63. The number of hydrogen-bond acceptors (Lipinski definition) is 2. The van der Waals surface area contributed by atoms with Gasteiger partial charge in [-0.1, -0.05) is 44.4 Å². The van der Waals surface area contributed by atoms with Gasteiger partial charge in [0.25, 0.3) is 0 Å². The molecule has 3 nitrogen and oxygen atoms in total. The van der Waals surface area contributed by atoms with Gasteiger partial charge in [-0.2, -0.15) is 0 Å². The van der Waals surface area contributed by atoms with Crippen LogP contribution in [-0.2, 0) is 11.3 Å². The lowest BCUT2D eigenvalue weighted by molar-refractivity contribution is -0.128. The molecule has 112 valence electrons.